The zero-order valence-corrected chi connectivity index (χ0v) is 17.6. The highest BCUT2D eigenvalue weighted by atomic mass is 35.5. The molecule has 1 amide bonds. The minimum Gasteiger partial charge on any atom is -0.467 e. The van der Waals surface area contributed by atoms with Gasteiger partial charge in [0.05, 0.1) is 28.8 Å². The summed E-state index contributed by atoms with van der Waals surface area (Å²) in [7, 11) is 0. The monoisotopic (exact) mass is 446 g/mol. The van der Waals surface area contributed by atoms with Gasteiger partial charge in [0.2, 0.25) is 5.91 Å². The zero-order valence-electron chi connectivity index (χ0n) is 16.9. The maximum Gasteiger partial charge on any atom is 0.270 e. The first-order chi connectivity index (χ1) is 15.0. The Morgan fingerprint density at radius 3 is 2.65 bits per heavy atom. The Bertz CT molecular complexity index is 978. The first-order valence-corrected chi connectivity index (χ1v) is 10.4. The van der Waals surface area contributed by atoms with Crippen LogP contribution < -0.4 is 10.1 Å². The lowest BCUT2D eigenvalue weighted by atomic mass is 10.1. The third-order valence-electron chi connectivity index (χ3n) is 5.36. The highest BCUT2D eigenvalue weighted by Crippen LogP contribution is 2.33. The van der Waals surface area contributed by atoms with E-state index in [1.165, 1.54) is 6.07 Å². The van der Waals surface area contributed by atoms with Crippen molar-refractivity contribution < 1.29 is 19.2 Å². The standard InChI is InChI=1S/C21H23ClN4O5/c22-18-3-1-2-4-19(18)23-20(27)12-25-7-5-24(6-8-25)11-15-9-17(26(28)29)10-16-13-30-14-31-21(15)16/h1-4,9-10H,5-8,11-14H2,(H,23,27). The molecule has 0 saturated carbocycles. The molecule has 1 fully saturated rings. The molecule has 0 bridgehead atoms. The minimum atomic E-state index is -0.395. The highest BCUT2D eigenvalue weighted by molar-refractivity contribution is 6.33. The molecule has 0 radical (unpaired) electrons. The second-order valence-corrected chi connectivity index (χ2v) is 7.95. The lowest BCUT2D eigenvalue weighted by molar-refractivity contribution is -0.385. The number of para-hydroxylation sites is 1. The van der Waals surface area contributed by atoms with Crippen LogP contribution in [0.2, 0.25) is 5.02 Å². The van der Waals surface area contributed by atoms with Crippen LogP contribution in [0, 0.1) is 10.1 Å². The summed E-state index contributed by atoms with van der Waals surface area (Å²) in [6.45, 7) is 4.20. The van der Waals surface area contributed by atoms with Gasteiger partial charge in [-0.2, -0.15) is 0 Å². The van der Waals surface area contributed by atoms with Crippen molar-refractivity contribution in [2.75, 3.05) is 44.8 Å². The summed E-state index contributed by atoms with van der Waals surface area (Å²) >= 11 is 6.09. The number of hydrogen-bond donors (Lipinski definition) is 1. The number of nitro benzene ring substituents is 1. The SMILES string of the molecule is O=C(CN1CCN(Cc2cc([N+](=O)[O-])cc3c2OCOC3)CC1)Nc1ccccc1Cl. The van der Waals surface area contributed by atoms with Gasteiger partial charge in [0.25, 0.3) is 5.69 Å². The summed E-state index contributed by atoms with van der Waals surface area (Å²) in [6.07, 6.45) is 0. The van der Waals surface area contributed by atoms with Crippen molar-refractivity contribution >= 4 is 28.9 Å². The van der Waals surface area contributed by atoms with Crippen molar-refractivity contribution in [2.24, 2.45) is 0 Å². The van der Waals surface area contributed by atoms with Crippen molar-refractivity contribution in [3.63, 3.8) is 0 Å². The molecule has 1 N–H and O–H groups in total. The number of rotatable bonds is 6. The van der Waals surface area contributed by atoms with Crippen LogP contribution in [0.4, 0.5) is 11.4 Å². The largest absolute Gasteiger partial charge is 0.467 e. The topological polar surface area (TPSA) is 97.2 Å². The van der Waals surface area contributed by atoms with Crippen LogP contribution in [0.5, 0.6) is 5.75 Å². The number of halogens is 1. The van der Waals surface area contributed by atoms with Crippen molar-refractivity contribution in [3.8, 4) is 5.75 Å². The fourth-order valence-corrected chi connectivity index (χ4v) is 3.99. The Hall–Kier alpha value is -2.72. The molecule has 31 heavy (non-hydrogen) atoms. The van der Waals surface area contributed by atoms with E-state index in [1.807, 2.05) is 12.1 Å². The molecular weight excluding hydrogens is 424 g/mol. The molecule has 2 aromatic carbocycles. The van der Waals surface area contributed by atoms with Crippen LogP contribution in [-0.4, -0.2) is 60.1 Å². The third-order valence-corrected chi connectivity index (χ3v) is 5.69. The Balaban J connectivity index is 1.33. The van der Waals surface area contributed by atoms with Crippen molar-refractivity contribution in [1.29, 1.82) is 0 Å². The second kappa shape index (κ2) is 9.61. The van der Waals surface area contributed by atoms with E-state index in [9.17, 15) is 14.9 Å². The second-order valence-electron chi connectivity index (χ2n) is 7.54. The lowest BCUT2D eigenvalue weighted by Crippen LogP contribution is -2.48. The number of ether oxygens (including phenoxy) is 2. The van der Waals surface area contributed by atoms with E-state index in [0.717, 1.165) is 31.7 Å². The van der Waals surface area contributed by atoms with Crippen LogP contribution in [-0.2, 0) is 22.7 Å². The lowest BCUT2D eigenvalue weighted by Gasteiger charge is -2.34. The van der Waals surface area contributed by atoms with Gasteiger partial charge in [0.1, 0.15) is 5.75 Å². The quantitative estimate of drug-likeness (QED) is 0.538. The number of carbonyl (C=O) groups is 1. The number of benzene rings is 2. The van der Waals surface area contributed by atoms with E-state index in [4.69, 9.17) is 21.1 Å². The minimum absolute atomic E-state index is 0.0396. The molecule has 0 aliphatic carbocycles. The molecule has 164 valence electrons. The Morgan fingerprint density at radius 2 is 1.90 bits per heavy atom. The molecule has 0 unspecified atom stereocenters. The predicted octanol–water partition coefficient (Wildman–Crippen LogP) is 2.87. The molecule has 0 spiro atoms. The van der Waals surface area contributed by atoms with Gasteiger partial charge in [-0.15, -0.1) is 0 Å². The van der Waals surface area contributed by atoms with Crippen molar-refractivity contribution in [3.05, 3.63) is 62.7 Å². The third kappa shape index (κ3) is 5.31. The first-order valence-electron chi connectivity index (χ1n) is 9.99. The molecule has 9 nitrogen and oxygen atoms in total. The van der Waals surface area contributed by atoms with E-state index < -0.39 is 4.92 Å². The summed E-state index contributed by atoms with van der Waals surface area (Å²) in [6, 6.07) is 10.2. The van der Waals surface area contributed by atoms with E-state index in [-0.39, 0.29) is 24.9 Å². The number of nitro groups is 1. The van der Waals surface area contributed by atoms with Crippen LogP contribution in [0.1, 0.15) is 11.1 Å². The van der Waals surface area contributed by atoms with Gasteiger partial charge < -0.3 is 14.8 Å². The van der Waals surface area contributed by atoms with Crippen molar-refractivity contribution in [1.82, 2.24) is 9.80 Å². The molecule has 1 saturated heterocycles. The summed E-state index contributed by atoms with van der Waals surface area (Å²) in [4.78, 5) is 27.5. The molecular formula is C21H23ClN4O5. The predicted molar refractivity (Wildman–Crippen MR) is 115 cm³/mol. The summed E-state index contributed by atoms with van der Waals surface area (Å²) in [5.74, 6) is 0.570. The van der Waals surface area contributed by atoms with Gasteiger partial charge in [-0.25, -0.2) is 0 Å². The van der Waals surface area contributed by atoms with E-state index in [0.29, 0.717) is 35.2 Å². The Kier molecular flexibility index (Phi) is 6.67. The molecule has 2 aliphatic heterocycles. The van der Waals surface area contributed by atoms with Gasteiger partial charge in [0.15, 0.2) is 6.79 Å². The molecule has 0 atom stereocenters. The average molecular weight is 447 g/mol. The zero-order chi connectivity index (χ0) is 21.8. The number of piperazine rings is 1. The van der Waals surface area contributed by atoms with Crippen LogP contribution >= 0.6 is 11.6 Å². The number of non-ortho nitro benzene ring substituents is 1. The Labute approximate surface area is 184 Å². The molecule has 10 heteroatoms. The summed E-state index contributed by atoms with van der Waals surface area (Å²) < 4.78 is 10.9. The number of anilines is 1. The highest BCUT2D eigenvalue weighted by Gasteiger charge is 2.24. The molecule has 2 heterocycles. The Morgan fingerprint density at radius 1 is 1.16 bits per heavy atom. The molecule has 0 aromatic heterocycles. The van der Waals surface area contributed by atoms with E-state index in [1.54, 1.807) is 18.2 Å². The van der Waals surface area contributed by atoms with E-state index in [2.05, 4.69) is 15.1 Å². The summed E-state index contributed by atoms with van der Waals surface area (Å²) in [5, 5.41) is 14.6. The number of hydrogen-bond acceptors (Lipinski definition) is 7. The van der Waals surface area contributed by atoms with Gasteiger partial charge in [-0.05, 0) is 12.1 Å². The first kappa shape index (κ1) is 21.5. The number of carbonyl (C=O) groups excluding carboxylic acids is 1. The van der Waals surface area contributed by atoms with Crippen molar-refractivity contribution in [2.45, 2.75) is 13.2 Å². The van der Waals surface area contributed by atoms with Crippen LogP contribution in [0.25, 0.3) is 0 Å². The fourth-order valence-electron chi connectivity index (χ4n) is 3.81. The molecule has 2 aromatic rings. The van der Waals surface area contributed by atoms with Crippen LogP contribution in [0.15, 0.2) is 36.4 Å². The van der Waals surface area contributed by atoms with Crippen LogP contribution in [0.3, 0.4) is 0 Å². The fraction of sp³-hybridized carbons (Fsp3) is 0.381. The molecule has 2 aliphatic rings. The van der Waals surface area contributed by atoms with E-state index >= 15 is 0 Å². The molecule has 4 rings (SSSR count). The maximum atomic E-state index is 12.4. The number of fused-ring (bicyclic) bond motifs is 1. The number of nitrogens with zero attached hydrogens (tertiary/aromatic N) is 3. The number of nitrogens with one attached hydrogen (secondary N) is 1. The number of amides is 1. The normalized spacial score (nSPS) is 16.9. The maximum absolute atomic E-state index is 12.4. The smallest absolute Gasteiger partial charge is 0.270 e. The van der Waals surface area contributed by atoms with Gasteiger partial charge in [-0.3, -0.25) is 24.7 Å². The van der Waals surface area contributed by atoms with Gasteiger partial charge in [-0.1, -0.05) is 23.7 Å². The summed E-state index contributed by atoms with van der Waals surface area (Å²) in [5.41, 5.74) is 2.13. The van der Waals surface area contributed by atoms with Gasteiger partial charge >= 0.3 is 0 Å². The van der Waals surface area contributed by atoms with Gasteiger partial charge in [0, 0.05) is 56.0 Å². The average Bonchev–Trinajstić information content (AvgIpc) is 2.76.